The second-order valence-corrected chi connectivity index (χ2v) is 2.41. The van der Waals surface area contributed by atoms with E-state index in [1.807, 2.05) is 40.9 Å². The first-order valence-electron chi connectivity index (χ1n) is 3.49. The third-order valence-electron chi connectivity index (χ3n) is 1.67. The molecule has 0 saturated heterocycles. The van der Waals surface area contributed by atoms with Crippen molar-refractivity contribution >= 4 is 5.52 Å². The second-order valence-electron chi connectivity index (χ2n) is 2.41. The highest BCUT2D eigenvalue weighted by atomic mass is 14.9. The molecule has 0 spiro atoms. The zero-order chi connectivity index (χ0) is 7.68. The quantitative estimate of drug-likeness (QED) is 0.579. The van der Waals surface area contributed by atoms with Gasteiger partial charge in [-0.2, -0.15) is 0 Å². The molecule has 2 heteroatoms. The number of rotatable bonds is 0. The van der Waals surface area contributed by atoms with Gasteiger partial charge >= 0.3 is 0 Å². The van der Waals surface area contributed by atoms with Crippen molar-refractivity contribution in [1.82, 2.24) is 4.40 Å². The van der Waals surface area contributed by atoms with E-state index in [4.69, 9.17) is 5.41 Å². The highest BCUT2D eigenvalue weighted by Gasteiger charge is 1.86. The van der Waals surface area contributed by atoms with Crippen molar-refractivity contribution in [2.75, 3.05) is 0 Å². The van der Waals surface area contributed by atoms with Crippen LogP contribution in [0.4, 0.5) is 0 Å². The molecule has 11 heavy (non-hydrogen) atoms. The number of fused-ring (bicyclic) bond motifs is 1. The Morgan fingerprint density at radius 2 is 1.82 bits per heavy atom. The Bertz CT molecular complexity index is 423. The maximum absolute atomic E-state index is 7.53. The standard InChI is InChI=1S/C9H8N2/c10-9-6-3-5-8-4-1-2-7-11(8)9/h1-7,10H. The number of nitrogens with zero attached hydrogens (tertiary/aromatic N) is 1. The predicted molar refractivity (Wildman–Crippen MR) is 43.3 cm³/mol. The summed E-state index contributed by atoms with van der Waals surface area (Å²) in [6, 6.07) is 11.5. The van der Waals surface area contributed by atoms with Gasteiger partial charge < -0.3 is 4.40 Å². The molecule has 54 valence electrons. The molecule has 2 heterocycles. The van der Waals surface area contributed by atoms with Gasteiger partial charge in [-0.3, -0.25) is 5.41 Å². The minimum atomic E-state index is 0.517. The van der Waals surface area contributed by atoms with E-state index >= 15 is 0 Å². The van der Waals surface area contributed by atoms with E-state index in [2.05, 4.69) is 0 Å². The van der Waals surface area contributed by atoms with E-state index in [0.29, 0.717) is 5.49 Å². The Morgan fingerprint density at radius 1 is 1.00 bits per heavy atom. The summed E-state index contributed by atoms with van der Waals surface area (Å²) in [5.74, 6) is 0. The molecule has 0 saturated carbocycles. The van der Waals surface area contributed by atoms with Crippen molar-refractivity contribution in [1.29, 1.82) is 5.41 Å². The molecule has 0 aliphatic rings. The topological polar surface area (TPSA) is 28.3 Å². The molecule has 2 aromatic rings. The number of aromatic nitrogens is 1. The Kier molecular flexibility index (Phi) is 1.25. The van der Waals surface area contributed by atoms with Crippen molar-refractivity contribution in [3.63, 3.8) is 0 Å². The lowest BCUT2D eigenvalue weighted by Gasteiger charge is -1.97. The van der Waals surface area contributed by atoms with Gasteiger partial charge in [0.1, 0.15) is 5.49 Å². The Hall–Kier alpha value is -1.57. The fourth-order valence-electron chi connectivity index (χ4n) is 1.13. The molecular formula is C9H8N2. The van der Waals surface area contributed by atoms with Crippen LogP contribution in [0.2, 0.25) is 0 Å². The summed E-state index contributed by atoms with van der Waals surface area (Å²) in [5, 5.41) is 7.53. The van der Waals surface area contributed by atoms with Gasteiger partial charge in [0.25, 0.3) is 0 Å². The first-order chi connectivity index (χ1) is 5.38. The van der Waals surface area contributed by atoms with Crippen LogP contribution in [-0.2, 0) is 0 Å². The number of pyridine rings is 2. The van der Waals surface area contributed by atoms with Gasteiger partial charge in [0.05, 0.1) is 0 Å². The summed E-state index contributed by atoms with van der Waals surface area (Å²) < 4.78 is 1.83. The predicted octanol–water partition coefficient (Wildman–Crippen LogP) is 1.42. The van der Waals surface area contributed by atoms with E-state index in [0.717, 1.165) is 5.52 Å². The van der Waals surface area contributed by atoms with Gasteiger partial charge in [-0.25, -0.2) is 0 Å². The Morgan fingerprint density at radius 3 is 2.64 bits per heavy atom. The van der Waals surface area contributed by atoms with E-state index in [1.54, 1.807) is 6.07 Å². The first-order valence-corrected chi connectivity index (χ1v) is 3.49. The molecule has 2 rings (SSSR count). The van der Waals surface area contributed by atoms with Gasteiger partial charge in [0.2, 0.25) is 0 Å². The molecule has 0 atom stereocenters. The lowest BCUT2D eigenvalue weighted by molar-refractivity contribution is 1.01. The lowest BCUT2D eigenvalue weighted by atomic mass is 10.3. The van der Waals surface area contributed by atoms with Crippen molar-refractivity contribution in [3.8, 4) is 0 Å². The van der Waals surface area contributed by atoms with Crippen LogP contribution in [0.5, 0.6) is 0 Å². The fourth-order valence-corrected chi connectivity index (χ4v) is 1.13. The van der Waals surface area contributed by atoms with Gasteiger partial charge in [-0.15, -0.1) is 0 Å². The zero-order valence-corrected chi connectivity index (χ0v) is 5.99. The average molecular weight is 144 g/mol. The smallest absolute Gasteiger partial charge is 0.129 e. The van der Waals surface area contributed by atoms with Crippen LogP contribution in [0.1, 0.15) is 0 Å². The summed E-state index contributed by atoms with van der Waals surface area (Å²) in [5.41, 5.74) is 1.57. The second kappa shape index (κ2) is 2.23. The Balaban J connectivity index is 3.03. The van der Waals surface area contributed by atoms with E-state index < -0.39 is 0 Å². The monoisotopic (exact) mass is 144 g/mol. The lowest BCUT2D eigenvalue weighted by Crippen LogP contribution is -2.10. The average Bonchev–Trinajstić information content (AvgIpc) is 2.06. The largest absolute Gasteiger partial charge is 0.302 e. The van der Waals surface area contributed by atoms with Crippen molar-refractivity contribution in [3.05, 3.63) is 48.1 Å². The van der Waals surface area contributed by atoms with Crippen LogP contribution in [-0.4, -0.2) is 4.40 Å². The molecule has 0 radical (unpaired) electrons. The molecule has 0 aliphatic heterocycles. The maximum atomic E-state index is 7.53. The Labute approximate surface area is 64.2 Å². The summed E-state index contributed by atoms with van der Waals surface area (Å²) in [4.78, 5) is 0. The van der Waals surface area contributed by atoms with Crippen LogP contribution < -0.4 is 5.49 Å². The maximum Gasteiger partial charge on any atom is 0.129 e. The molecule has 0 aromatic carbocycles. The highest BCUT2D eigenvalue weighted by Crippen LogP contribution is 1.96. The molecule has 0 unspecified atom stereocenters. The van der Waals surface area contributed by atoms with Gasteiger partial charge in [0.15, 0.2) is 0 Å². The van der Waals surface area contributed by atoms with Crippen molar-refractivity contribution < 1.29 is 0 Å². The normalized spacial score (nSPS) is 10.2. The van der Waals surface area contributed by atoms with Crippen molar-refractivity contribution in [2.45, 2.75) is 0 Å². The van der Waals surface area contributed by atoms with Crippen LogP contribution in [0.25, 0.3) is 5.52 Å². The molecule has 1 N–H and O–H groups in total. The highest BCUT2D eigenvalue weighted by molar-refractivity contribution is 5.45. The van der Waals surface area contributed by atoms with Gasteiger partial charge in [-0.05, 0) is 24.3 Å². The SMILES string of the molecule is N=c1cccc2ccccn12. The summed E-state index contributed by atoms with van der Waals surface area (Å²) >= 11 is 0. The molecule has 0 aliphatic carbocycles. The molecule has 2 aromatic heterocycles. The molecule has 0 amide bonds. The van der Waals surface area contributed by atoms with Crippen LogP contribution in [0.3, 0.4) is 0 Å². The van der Waals surface area contributed by atoms with Gasteiger partial charge in [0, 0.05) is 11.7 Å². The molecule has 0 fully saturated rings. The third kappa shape index (κ3) is 0.923. The van der Waals surface area contributed by atoms with Crippen LogP contribution in [0.15, 0.2) is 42.6 Å². The number of hydrogen-bond donors (Lipinski definition) is 1. The molecule has 2 nitrogen and oxygen atoms in total. The van der Waals surface area contributed by atoms with Crippen LogP contribution >= 0.6 is 0 Å². The van der Waals surface area contributed by atoms with Crippen LogP contribution in [0, 0.1) is 5.41 Å². The number of hydrogen-bond acceptors (Lipinski definition) is 1. The summed E-state index contributed by atoms with van der Waals surface area (Å²) in [6.07, 6.45) is 1.89. The molecule has 0 bridgehead atoms. The fraction of sp³-hybridized carbons (Fsp3) is 0. The summed E-state index contributed by atoms with van der Waals surface area (Å²) in [6.45, 7) is 0. The first kappa shape index (κ1) is 6.16. The van der Waals surface area contributed by atoms with E-state index in [1.165, 1.54) is 0 Å². The summed E-state index contributed by atoms with van der Waals surface area (Å²) in [7, 11) is 0. The van der Waals surface area contributed by atoms with Gasteiger partial charge in [-0.1, -0.05) is 12.1 Å². The van der Waals surface area contributed by atoms with Crippen molar-refractivity contribution in [2.24, 2.45) is 0 Å². The third-order valence-corrected chi connectivity index (χ3v) is 1.67. The minimum Gasteiger partial charge on any atom is -0.302 e. The van der Waals surface area contributed by atoms with E-state index in [9.17, 15) is 0 Å². The van der Waals surface area contributed by atoms with E-state index in [-0.39, 0.29) is 0 Å². The minimum absolute atomic E-state index is 0.517. The number of nitrogens with one attached hydrogen (secondary N) is 1. The zero-order valence-electron chi connectivity index (χ0n) is 5.99. The molecular weight excluding hydrogens is 136 g/mol.